The van der Waals surface area contributed by atoms with Gasteiger partial charge in [0.15, 0.2) is 5.82 Å². The van der Waals surface area contributed by atoms with Gasteiger partial charge in [0.25, 0.3) is 5.56 Å². The molecule has 0 fully saturated rings. The van der Waals surface area contributed by atoms with Crippen molar-refractivity contribution >= 4 is 5.52 Å². The number of hydrogen-bond donors (Lipinski definition) is 1. The number of nitrogens with two attached hydrogens (primary N) is 1. The van der Waals surface area contributed by atoms with Crippen LogP contribution in [0.2, 0.25) is 0 Å². The van der Waals surface area contributed by atoms with Crippen LogP contribution in [-0.4, -0.2) is 14.2 Å². The van der Waals surface area contributed by atoms with E-state index in [1.165, 1.54) is 0 Å². The highest BCUT2D eigenvalue weighted by molar-refractivity contribution is 5.54. The highest BCUT2D eigenvalue weighted by Crippen LogP contribution is 2.11. The monoisotopic (exact) mass is 254 g/mol. The Bertz CT molecular complexity index is 786. The second-order valence-corrected chi connectivity index (χ2v) is 4.39. The molecule has 0 amide bonds. The predicted molar refractivity (Wildman–Crippen MR) is 73.4 cm³/mol. The van der Waals surface area contributed by atoms with Gasteiger partial charge in [-0.3, -0.25) is 9.36 Å². The average molecular weight is 254 g/mol. The summed E-state index contributed by atoms with van der Waals surface area (Å²) in [6.07, 6.45) is 1.78. The lowest BCUT2D eigenvalue weighted by atomic mass is 10.3. The molecule has 0 bridgehead atoms. The summed E-state index contributed by atoms with van der Waals surface area (Å²) in [5.74, 6) is 0.541. The van der Waals surface area contributed by atoms with Crippen molar-refractivity contribution in [3.8, 4) is 5.69 Å². The van der Waals surface area contributed by atoms with Crippen LogP contribution < -0.4 is 11.3 Å². The zero-order chi connectivity index (χ0) is 13.4. The van der Waals surface area contributed by atoms with E-state index in [9.17, 15) is 4.79 Å². The molecule has 0 aliphatic rings. The third kappa shape index (κ3) is 1.75. The van der Waals surface area contributed by atoms with E-state index >= 15 is 0 Å². The fourth-order valence-electron chi connectivity index (χ4n) is 2.23. The minimum absolute atomic E-state index is 0.0934. The molecule has 2 heterocycles. The highest BCUT2D eigenvalue weighted by Gasteiger charge is 2.13. The summed E-state index contributed by atoms with van der Waals surface area (Å²) >= 11 is 0. The molecule has 5 heteroatoms. The minimum atomic E-state index is -0.0934. The number of nitrogens with zero attached hydrogens (tertiary/aromatic N) is 3. The molecule has 1 aromatic carbocycles. The molecule has 96 valence electrons. The molecule has 0 spiro atoms. The molecule has 19 heavy (non-hydrogen) atoms. The first-order valence-electron chi connectivity index (χ1n) is 6.07. The number of hydrogen-bond acceptors (Lipinski definition) is 3. The molecule has 0 unspecified atom stereocenters. The minimum Gasteiger partial charge on any atom is -0.324 e. The molecule has 0 atom stereocenters. The number of benzene rings is 1. The van der Waals surface area contributed by atoms with Crippen molar-refractivity contribution in [3.05, 3.63) is 64.3 Å². The second kappa shape index (κ2) is 4.37. The molecule has 0 saturated carbocycles. The standard InChI is InChI=1S/C14H14N4O/c1-10-7-8-17-13(10)14(19)18(12(9-15)16-17)11-5-3-2-4-6-11/h2-8H,9,15H2,1H3. The summed E-state index contributed by atoms with van der Waals surface area (Å²) in [4.78, 5) is 12.6. The Hall–Kier alpha value is -2.40. The molecule has 2 aromatic heterocycles. The molecule has 2 N–H and O–H groups in total. The van der Waals surface area contributed by atoms with Gasteiger partial charge in [-0.15, -0.1) is 0 Å². The molecule has 5 nitrogen and oxygen atoms in total. The fourth-order valence-corrected chi connectivity index (χ4v) is 2.23. The van der Waals surface area contributed by atoms with Crippen molar-refractivity contribution < 1.29 is 0 Å². The summed E-state index contributed by atoms with van der Waals surface area (Å²) in [7, 11) is 0. The predicted octanol–water partition coefficient (Wildman–Crippen LogP) is 1.25. The van der Waals surface area contributed by atoms with Crippen LogP contribution in [0.15, 0.2) is 47.4 Å². The molecular weight excluding hydrogens is 240 g/mol. The normalized spacial score (nSPS) is 11.1. The van der Waals surface area contributed by atoms with Crippen LogP contribution in [-0.2, 0) is 6.54 Å². The summed E-state index contributed by atoms with van der Waals surface area (Å²) in [5, 5.41) is 4.41. The Balaban J connectivity index is 2.43. The van der Waals surface area contributed by atoms with E-state index in [4.69, 9.17) is 5.73 Å². The molecule has 3 aromatic rings. The first-order chi connectivity index (χ1) is 9.22. The van der Waals surface area contributed by atoms with Crippen molar-refractivity contribution in [1.82, 2.24) is 14.2 Å². The van der Waals surface area contributed by atoms with E-state index in [1.807, 2.05) is 43.3 Å². The van der Waals surface area contributed by atoms with E-state index in [0.717, 1.165) is 11.3 Å². The maximum absolute atomic E-state index is 12.6. The molecular formula is C14H14N4O. The van der Waals surface area contributed by atoms with E-state index in [1.54, 1.807) is 15.3 Å². The molecule has 3 rings (SSSR count). The van der Waals surface area contributed by atoms with Gasteiger partial charge in [-0.05, 0) is 30.7 Å². The van der Waals surface area contributed by atoms with Crippen molar-refractivity contribution in [3.63, 3.8) is 0 Å². The van der Waals surface area contributed by atoms with Gasteiger partial charge < -0.3 is 5.73 Å². The lowest BCUT2D eigenvalue weighted by Gasteiger charge is -2.11. The molecule has 0 saturated heterocycles. The van der Waals surface area contributed by atoms with Gasteiger partial charge in [-0.25, -0.2) is 4.52 Å². The SMILES string of the molecule is Cc1ccn2nc(CN)n(-c3ccccc3)c(=O)c12. The number of rotatable bonds is 2. The van der Waals surface area contributed by atoms with Crippen LogP contribution >= 0.6 is 0 Å². The van der Waals surface area contributed by atoms with Crippen LogP contribution in [0.4, 0.5) is 0 Å². The van der Waals surface area contributed by atoms with Gasteiger partial charge in [0.1, 0.15) is 5.52 Å². The Labute approximate surface area is 109 Å². The zero-order valence-electron chi connectivity index (χ0n) is 10.6. The topological polar surface area (TPSA) is 65.3 Å². The largest absolute Gasteiger partial charge is 0.324 e. The van der Waals surface area contributed by atoms with Gasteiger partial charge in [0, 0.05) is 6.20 Å². The number of aryl methyl sites for hydroxylation is 1. The third-order valence-corrected chi connectivity index (χ3v) is 3.15. The average Bonchev–Trinajstić information content (AvgIpc) is 2.81. The second-order valence-electron chi connectivity index (χ2n) is 4.39. The summed E-state index contributed by atoms with van der Waals surface area (Å²) in [6.45, 7) is 2.10. The van der Waals surface area contributed by atoms with Gasteiger partial charge in [0.05, 0.1) is 12.2 Å². The van der Waals surface area contributed by atoms with Crippen molar-refractivity contribution in [2.24, 2.45) is 5.73 Å². The van der Waals surface area contributed by atoms with Crippen LogP contribution in [0, 0.1) is 6.92 Å². The first-order valence-corrected chi connectivity index (χ1v) is 6.07. The van der Waals surface area contributed by atoms with Gasteiger partial charge in [-0.1, -0.05) is 18.2 Å². The Morgan fingerprint density at radius 3 is 2.63 bits per heavy atom. The lowest BCUT2D eigenvalue weighted by molar-refractivity contribution is 0.728. The number of para-hydroxylation sites is 1. The van der Waals surface area contributed by atoms with E-state index in [-0.39, 0.29) is 12.1 Å². The molecule has 0 radical (unpaired) electrons. The van der Waals surface area contributed by atoms with Crippen molar-refractivity contribution in [1.29, 1.82) is 0 Å². The van der Waals surface area contributed by atoms with Gasteiger partial charge >= 0.3 is 0 Å². The van der Waals surface area contributed by atoms with Crippen LogP contribution in [0.25, 0.3) is 11.2 Å². The molecule has 0 aliphatic carbocycles. The maximum atomic E-state index is 12.6. The van der Waals surface area contributed by atoms with Gasteiger partial charge in [0.2, 0.25) is 0 Å². The van der Waals surface area contributed by atoms with Crippen molar-refractivity contribution in [2.75, 3.05) is 0 Å². The first kappa shape index (κ1) is 11.7. The number of aromatic nitrogens is 3. The smallest absolute Gasteiger partial charge is 0.282 e. The Morgan fingerprint density at radius 1 is 1.21 bits per heavy atom. The molecule has 0 aliphatic heterocycles. The van der Waals surface area contributed by atoms with Crippen LogP contribution in [0.5, 0.6) is 0 Å². The summed E-state index contributed by atoms with van der Waals surface area (Å²) in [5.41, 5.74) is 7.90. The lowest BCUT2D eigenvalue weighted by Crippen LogP contribution is -2.28. The quantitative estimate of drug-likeness (QED) is 0.748. The maximum Gasteiger partial charge on any atom is 0.282 e. The fraction of sp³-hybridized carbons (Fsp3) is 0.143. The van der Waals surface area contributed by atoms with Gasteiger partial charge in [-0.2, -0.15) is 5.10 Å². The van der Waals surface area contributed by atoms with Crippen LogP contribution in [0.1, 0.15) is 11.4 Å². The van der Waals surface area contributed by atoms with Crippen LogP contribution in [0.3, 0.4) is 0 Å². The van der Waals surface area contributed by atoms with Crippen molar-refractivity contribution in [2.45, 2.75) is 13.5 Å². The summed E-state index contributed by atoms with van der Waals surface area (Å²) < 4.78 is 3.17. The Morgan fingerprint density at radius 2 is 1.95 bits per heavy atom. The summed E-state index contributed by atoms with van der Waals surface area (Å²) in [6, 6.07) is 11.3. The van der Waals surface area contributed by atoms with E-state index in [2.05, 4.69) is 5.10 Å². The number of fused-ring (bicyclic) bond motifs is 1. The highest BCUT2D eigenvalue weighted by atomic mass is 16.1. The zero-order valence-corrected chi connectivity index (χ0v) is 10.6. The third-order valence-electron chi connectivity index (χ3n) is 3.15. The van der Waals surface area contributed by atoms with E-state index in [0.29, 0.717) is 11.3 Å². The van der Waals surface area contributed by atoms with E-state index < -0.39 is 0 Å². The Kier molecular flexibility index (Phi) is 2.68.